The van der Waals surface area contributed by atoms with E-state index in [9.17, 15) is 10.0 Å². The van der Waals surface area contributed by atoms with Crippen LogP contribution in [-0.2, 0) is 11.2 Å². The normalized spacial score (nSPS) is 18.7. The number of hydrogen-bond donors (Lipinski definition) is 2. The summed E-state index contributed by atoms with van der Waals surface area (Å²) in [6.07, 6.45) is 2.14. The van der Waals surface area contributed by atoms with Gasteiger partial charge in [-0.3, -0.25) is 9.79 Å². The number of nitrogens with zero attached hydrogens (tertiary/aromatic N) is 4. The fourth-order valence-electron chi connectivity index (χ4n) is 4.20. The Morgan fingerprint density at radius 1 is 1.03 bits per heavy atom. The van der Waals surface area contributed by atoms with Gasteiger partial charge in [0.1, 0.15) is 11.9 Å². The molecule has 1 atom stereocenters. The molecule has 2 N–H and O–H groups in total. The summed E-state index contributed by atoms with van der Waals surface area (Å²) in [5, 5.41) is 15.1. The molecule has 2 aromatic carbocycles. The average molecular weight is 496 g/mol. The fourth-order valence-corrected chi connectivity index (χ4v) is 4.59. The molecule has 0 saturated carbocycles. The number of aromatic nitrogens is 1. The van der Waals surface area contributed by atoms with Crippen molar-refractivity contribution in [1.82, 2.24) is 10.0 Å². The van der Waals surface area contributed by atoms with E-state index >= 15 is 0 Å². The number of anilines is 2. The van der Waals surface area contributed by atoms with Crippen LogP contribution in [0.5, 0.6) is 0 Å². The van der Waals surface area contributed by atoms with E-state index in [0.29, 0.717) is 54.0 Å². The van der Waals surface area contributed by atoms with Crippen LogP contribution < -0.4 is 10.2 Å². The van der Waals surface area contributed by atoms with Gasteiger partial charge in [0.2, 0.25) is 5.91 Å². The molecule has 0 bridgehead atoms. The molecule has 0 aliphatic carbocycles. The van der Waals surface area contributed by atoms with Crippen molar-refractivity contribution in [1.29, 1.82) is 0 Å². The first-order valence-electron chi connectivity index (χ1n) is 11.0. The lowest BCUT2D eigenvalue weighted by atomic mass is 10.0. The molecule has 34 heavy (non-hydrogen) atoms. The van der Waals surface area contributed by atoms with Gasteiger partial charge in [-0.05, 0) is 42.0 Å². The number of carbonyl (C=O) groups excluding carboxylic acids is 1. The highest BCUT2D eigenvalue weighted by atomic mass is 35.5. The van der Waals surface area contributed by atoms with Crippen LogP contribution in [0.2, 0.25) is 10.0 Å². The number of aliphatic imine (C=N–C) groups is 1. The molecule has 1 aromatic heterocycles. The van der Waals surface area contributed by atoms with E-state index in [1.807, 2.05) is 42.5 Å². The van der Waals surface area contributed by atoms with Crippen molar-refractivity contribution in [3.8, 4) is 0 Å². The molecule has 3 aromatic rings. The maximum absolute atomic E-state index is 13.1. The standard InChI is InChI=1S/C25H23Cl2N5O2/c26-18-6-7-21-19(14-18)24(17-5-8-23(28-15-17)31-9-11-32(34)12-10-31)29-22(25(33)30-21)13-16-3-1-2-4-20(16)27/h1-8,14-15,22,34H,9-13H2,(H,30,33). The van der Waals surface area contributed by atoms with Gasteiger partial charge in [-0.15, -0.1) is 0 Å². The molecule has 174 valence electrons. The van der Waals surface area contributed by atoms with Gasteiger partial charge in [-0.1, -0.05) is 41.4 Å². The fraction of sp³-hybridized carbons (Fsp3) is 0.240. The highest BCUT2D eigenvalue weighted by Gasteiger charge is 2.27. The van der Waals surface area contributed by atoms with Crippen molar-refractivity contribution in [2.45, 2.75) is 12.5 Å². The Morgan fingerprint density at radius 2 is 1.82 bits per heavy atom. The third kappa shape index (κ3) is 4.79. The topological polar surface area (TPSA) is 81.1 Å². The lowest BCUT2D eigenvalue weighted by Gasteiger charge is -2.31. The number of fused-ring (bicyclic) bond motifs is 1. The molecule has 1 unspecified atom stereocenters. The Labute approximate surface area is 207 Å². The van der Waals surface area contributed by atoms with Gasteiger partial charge in [-0.2, -0.15) is 5.06 Å². The molecule has 1 fully saturated rings. The first-order chi connectivity index (χ1) is 16.5. The lowest BCUT2D eigenvalue weighted by molar-refractivity contribution is -0.117. The highest BCUT2D eigenvalue weighted by molar-refractivity contribution is 6.32. The molecular formula is C25H23Cl2N5O2. The lowest BCUT2D eigenvalue weighted by Crippen LogP contribution is -2.45. The van der Waals surface area contributed by atoms with Gasteiger partial charge in [0, 0.05) is 60.0 Å². The average Bonchev–Trinajstić information content (AvgIpc) is 2.97. The number of halogens is 2. The van der Waals surface area contributed by atoms with E-state index < -0.39 is 6.04 Å². The Kier molecular flexibility index (Phi) is 6.52. The highest BCUT2D eigenvalue weighted by Crippen LogP contribution is 2.29. The van der Waals surface area contributed by atoms with Crippen molar-refractivity contribution in [3.63, 3.8) is 0 Å². The van der Waals surface area contributed by atoms with Crippen LogP contribution in [0.15, 0.2) is 65.8 Å². The van der Waals surface area contributed by atoms with Gasteiger partial charge < -0.3 is 15.4 Å². The molecular weight excluding hydrogens is 473 g/mol. The third-order valence-corrected chi connectivity index (χ3v) is 6.66. The second-order valence-corrected chi connectivity index (χ2v) is 9.16. The molecule has 1 amide bonds. The largest absolute Gasteiger partial charge is 0.354 e. The zero-order valence-corrected chi connectivity index (χ0v) is 19.8. The zero-order chi connectivity index (χ0) is 23.7. The summed E-state index contributed by atoms with van der Waals surface area (Å²) in [5.74, 6) is 0.629. The van der Waals surface area contributed by atoms with Gasteiger partial charge in [-0.25, -0.2) is 4.98 Å². The molecule has 2 aliphatic heterocycles. The smallest absolute Gasteiger partial charge is 0.249 e. The number of hydrogen-bond acceptors (Lipinski definition) is 6. The third-order valence-electron chi connectivity index (χ3n) is 6.05. The van der Waals surface area contributed by atoms with Gasteiger partial charge in [0.05, 0.1) is 11.4 Å². The zero-order valence-electron chi connectivity index (χ0n) is 18.3. The molecule has 7 nitrogen and oxygen atoms in total. The quantitative estimate of drug-likeness (QED) is 0.563. The van der Waals surface area contributed by atoms with E-state index in [4.69, 9.17) is 28.2 Å². The molecule has 9 heteroatoms. The number of benzene rings is 2. The minimum absolute atomic E-state index is 0.204. The number of hydroxylamine groups is 2. The van der Waals surface area contributed by atoms with Crippen LogP contribution in [0.3, 0.4) is 0 Å². The number of pyridine rings is 1. The predicted molar refractivity (Wildman–Crippen MR) is 134 cm³/mol. The number of nitrogens with one attached hydrogen (secondary N) is 1. The summed E-state index contributed by atoms with van der Waals surface area (Å²) in [7, 11) is 0. The van der Waals surface area contributed by atoms with Crippen molar-refractivity contribution in [3.05, 3.63) is 87.5 Å². The summed E-state index contributed by atoms with van der Waals surface area (Å²) >= 11 is 12.7. The molecule has 0 radical (unpaired) electrons. The molecule has 1 saturated heterocycles. The molecule has 3 heterocycles. The molecule has 5 rings (SSSR count). The summed E-state index contributed by atoms with van der Waals surface area (Å²) in [5.41, 5.74) is 3.68. The predicted octanol–water partition coefficient (Wildman–Crippen LogP) is 4.30. The SMILES string of the molecule is O=C1Nc2ccc(Cl)cc2C(c2ccc(N3CCN(O)CC3)nc2)=NC1Cc1ccccc1Cl. The number of piperazine rings is 1. The number of benzodiazepines with no additional fused rings is 1. The Balaban J connectivity index is 1.52. The van der Waals surface area contributed by atoms with Gasteiger partial charge >= 0.3 is 0 Å². The minimum atomic E-state index is -0.668. The monoisotopic (exact) mass is 495 g/mol. The Hall–Kier alpha value is -2.97. The van der Waals surface area contributed by atoms with Crippen molar-refractivity contribution < 1.29 is 10.0 Å². The van der Waals surface area contributed by atoms with E-state index in [1.54, 1.807) is 18.3 Å². The molecule has 0 spiro atoms. The van der Waals surface area contributed by atoms with Crippen LogP contribution in [0, 0.1) is 0 Å². The number of carbonyl (C=O) groups is 1. The van der Waals surface area contributed by atoms with E-state index in [1.165, 1.54) is 5.06 Å². The second kappa shape index (κ2) is 9.72. The maximum atomic E-state index is 13.1. The summed E-state index contributed by atoms with van der Waals surface area (Å²) in [4.78, 5) is 24.8. The first-order valence-corrected chi connectivity index (χ1v) is 11.8. The van der Waals surface area contributed by atoms with Crippen LogP contribution in [-0.4, -0.2) is 59.1 Å². The minimum Gasteiger partial charge on any atom is -0.354 e. The van der Waals surface area contributed by atoms with Crippen molar-refractivity contribution in [2.75, 3.05) is 36.4 Å². The van der Waals surface area contributed by atoms with Gasteiger partial charge in [0.15, 0.2) is 0 Å². The first kappa shape index (κ1) is 22.8. The number of amides is 1. The van der Waals surface area contributed by atoms with Crippen molar-refractivity contribution in [2.24, 2.45) is 4.99 Å². The van der Waals surface area contributed by atoms with Crippen LogP contribution >= 0.6 is 23.2 Å². The van der Waals surface area contributed by atoms with E-state index in [0.717, 1.165) is 22.5 Å². The summed E-state index contributed by atoms with van der Waals surface area (Å²) < 4.78 is 0. The summed E-state index contributed by atoms with van der Waals surface area (Å²) in [6.45, 7) is 2.53. The van der Waals surface area contributed by atoms with Crippen LogP contribution in [0.4, 0.5) is 11.5 Å². The second-order valence-electron chi connectivity index (χ2n) is 8.31. The summed E-state index contributed by atoms with van der Waals surface area (Å²) in [6, 6.07) is 16.0. The maximum Gasteiger partial charge on any atom is 0.249 e. The van der Waals surface area contributed by atoms with Crippen molar-refractivity contribution >= 4 is 46.3 Å². The Morgan fingerprint density at radius 3 is 2.56 bits per heavy atom. The van der Waals surface area contributed by atoms with E-state index in [2.05, 4.69) is 15.2 Å². The Bertz CT molecular complexity index is 1240. The van der Waals surface area contributed by atoms with Crippen LogP contribution in [0.25, 0.3) is 0 Å². The molecule has 2 aliphatic rings. The van der Waals surface area contributed by atoms with Crippen LogP contribution in [0.1, 0.15) is 16.7 Å². The number of rotatable bonds is 4. The van der Waals surface area contributed by atoms with E-state index in [-0.39, 0.29) is 5.91 Å². The van der Waals surface area contributed by atoms with Gasteiger partial charge in [0.25, 0.3) is 0 Å².